The van der Waals surface area contributed by atoms with Gasteiger partial charge in [-0.3, -0.25) is 14.5 Å². The Morgan fingerprint density at radius 1 is 1.42 bits per heavy atom. The lowest BCUT2D eigenvalue weighted by Crippen LogP contribution is -2.33. The molecule has 2 amide bonds. The predicted molar refractivity (Wildman–Crippen MR) is 70.1 cm³/mol. The van der Waals surface area contributed by atoms with E-state index in [0.717, 1.165) is 5.56 Å². The van der Waals surface area contributed by atoms with Gasteiger partial charge in [-0.05, 0) is 36.5 Å². The first-order chi connectivity index (χ1) is 8.90. The second-order valence-corrected chi connectivity index (χ2v) is 5.50. The van der Waals surface area contributed by atoms with Gasteiger partial charge in [-0.2, -0.15) is 0 Å². The molecule has 1 aromatic rings. The average molecular weight is 263 g/mol. The Morgan fingerprint density at radius 2 is 2.11 bits per heavy atom. The number of carbonyl (C=O) groups excluding carboxylic acids is 2. The van der Waals surface area contributed by atoms with Gasteiger partial charge in [0.1, 0.15) is 5.82 Å². The Morgan fingerprint density at radius 3 is 2.63 bits per heavy atom. The molecule has 0 aliphatic carbocycles. The Kier molecular flexibility index (Phi) is 3.69. The zero-order chi connectivity index (χ0) is 14.2. The van der Waals surface area contributed by atoms with Crippen LogP contribution in [0.25, 0.3) is 0 Å². The van der Waals surface area contributed by atoms with Crippen molar-refractivity contribution in [2.75, 3.05) is 6.54 Å². The van der Waals surface area contributed by atoms with Crippen molar-refractivity contribution in [3.8, 4) is 0 Å². The summed E-state index contributed by atoms with van der Waals surface area (Å²) in [5.41, 5.74) is 0.727. The third kappa shape index (κ3) is 2.67. The zero-order valence-corrected chi connectivity index (χ0v) is 11.4. The fourth-order valence-corrected chi connectivity index (χ4v) is 2.32. The Balaban J connectivity index is 2.23. The summed E-state index contributed by atoms with van der Waals surface area (Å²) in [6.45, 7) is 6.20. The van der Waals surface area contributed by atoms with Crippen molar-refractivity contribution in [3.05, 3.63) is 35.1 Å². The standard InChI is InChI=1S/C15H18FNO2/c1-9(2)11-7-14(18)17(8-11)15(19)12-5-4-10(3)6-13(12)16/h4-6,9,11H,7-8H2,1-3H3. The lowest BCUT2D eigenvalue weighted by atomic mass is 9.95. The van der Waals surface area contributed by atoms with Crippen molar-refractivity contribution < 1.29 is 14.0 Å². The summed E-state index contributed by atoms with van der Waals surface area (Å²) >= 11 is 0. The minimum absolute atomic E-state index is 0.0247. The van der Waals surface area contributed by atoms with Crippen molar-refractivity contribution >= 4 is 11.8 Å². The van der Waals surface area contributed by atoms with Crippen LogP contribution in [0, 0.1) is 24.6 Å². The minimum Gasteiger partial charge on any atom is -0.278 e. The van der Waals surface area contributed by atoms with E-state index < -0.39 is 11.7 Å². The van der Waals surface area contributed by atoms with Crippen LogP contribution in [0.4, 0.5) is 4.39 Å². The summed E-state index contributed by atoms with van der Waals surface area (Å²) in [4.78, 5) is 25.3. The van der Waals surface area contributed by atoms with Gasteiger partial charge in [0.15, 0.2) is 0 Å². The average Bonchev–Trinajstić information content (AvgIpc) is 2.71. The number of nitrogens with zero attached hydrogens (tertiary/aromatic N) is 1. The van der Waals surface area contributed by atoms with E-state index in [4.69, 9.17) is 0 Å². The second-order valence-electron chi connectivity index (χ2n) is 5.50. The molecule has 0 N–H and O–H groups in total. The predicted octanol–water partition coefficient (Wildman–Crippen LogP) is 2.78. The van der Waals surface area contributed by atoms with Gasteiger partial charge in [-0.15, -0.1) is 0 Å². The van der Waals surface area contributed by atoms with Crippen molar-refractivity contribution in [3.63, 3.8) is 0 Å². The molecule has 1 aromatic carbocycles. The van der Waals surface area contributed by atoms with Gasteiger partial charge in [0.05, 0.1) is 5.56 Å². The number of rotatable bonds is 2. The summed E-state index contributed by atoms with van der Waals surface area (Å²) in [5, 5.41) is 0. The zero-order valence-electron chi connectivity index (χ0n) is 11.4. The lowest BCUT2D eigenvalue weighted by Gasteiger charge is -2.17. The van der Waals surface area contributed by atoms with Gasteiger partial charge in [-0.25, -0.2) is 4.39 Å². The molecule has 1 fully saturated rings. The van der Waals surface area contributed by atoms with E-state index in [1.807, 2.05) is 13.8 Å². The fraction of sp³-hybridized carbons (Fsp3) is 0.467. The number of aryl methyl sites for hydroxylation is 1. The maximum atomic E-state index is 13.8. The normalized spacial score (nSPS) is 19.3. The number of hydrogen-bond acceptors (Lipinski definition) is 2. The third-order valence-corrected chi connectivity index (χ3v) is 3.70. The van der Waals surface area contributed by atoms with Crippen LogP contribution in [0.5, 0.6) is 0 Å². The molecule has 4 heteroatoms. The van der Waals surface area contributed by atoms with Crippen LogP contribution in [-0.4, -0.2) is 23.3 Å². The number of hydrogen-bond donors (Lipinski definition) is 0. The molecule has 0 spiro atoms. The van der Waals surface area contributed by atoms with E-state index >= 15 is 0 Å². The van der Waals surface area contributed by atoms with Crippen molar-refractivity contribution in [2.45, 2.75) is 27.2 Å². The Hall–Kier alpha value is -1.71. The molecule has 1 aliphatic heterocycles. The molecule has 1 unspecified atom stereocenters. The molecular weight excluding hydrogens is 245 g/mol. The van der Waals surface area contributed by atoms with Crippen molar-refractivity contribution in [1.29, 1.82) is 0 Å². The molecule has 0 saturated carbocycles. The molecule has 0 bridgehead atoms. The van der Waals surface area contributed by atoms with E-state index in [9.17, 15) is 14.0 Å². The third-order valence-electron chi connectivity index (χ3n) is 3.70. The van der Waals surface area contributed by atoms with Gasteiger partial charge in [0.2, 0.25) is 5.91 Å². The van der Waals surface area contributed by atoms with Crippen LogP contribution in [0.1, 0.15) is 36.2 Å². The molecule has 1 aliphatic rings. The highest BCUT2D eigenvalue weighted by molar-refractivity contribution is 6.05. The highest BCUT2D eigenvalue weighted by Gasteiger charge is 2.36. The summed E-state index contributed by atoms with van der Waals surface area (Å²) in [6.07, 6.45) is 0.372. The Labute approximate surface area is 112 Å². The number of carbonyl (C=O) groups is 2. The van der Waals surface area contributed by atoms with Crippen LogP contribution >= 0.6 is 0 Å². The molecular formula is C15H18FNO2. The number of amides is 2. The Bertz CT molecular complexity index is 525. The highest BCUT2D eigenvalue weighted by atomic mass is 19.1. The SMILES string of the molecule is Cc1ccc(C(=O)N2CC(C(C)C)CC2=O)c(F)c1. The molecule has 1 atom stereocenters. The van der Waals surface area contributed by atoms with Gasteiger partial charge in [-0.1, -0.05) is 19.9 Å². The summed E-state index contributed by atoms with van der Waals surface area (Å²) in [6, 6.07) is 4.44. The molecule has 19 heavy (non-hydrogen) atoms. The molecule has 102 valence electrons. The number of halogens is 1. The highest BCUT2D eigenvalue weighted by Crippen LogP contribution is 2.26. The molecule has 2 rings (SSSR count). The van der Waals surface area contributed by atoms with Crippen LogP contribution in [-0.2, 0) is 4.79 Å². The van der Waals surface area contributed by atoms with Crippen LogP contribution in [0.2, 0.25) is 0 Å². The van der Waals surface area contributed by atoms with Crippen molar-refractivity contribution in [1.82, 2.24) is 4.90 Å². The van der Waals surface area contributed by atoms with Gasteiger partial charge < -0.3 is 0 Å². The summed E-state index contributed by atoms with van der Waals surface area (Å²) in [5.74, 6) is -0.783. The van der Waals surface area contributed by atoms with Gasteiger partial charge in [0.25, 0.3) is 5.91 Å². The van der Waals surface area contributed by atoms with E-state index in [-0.39, 0.29) is 17.4 Å². The van der Waals surface area contributed by atoms with E-state index in [0.29, 0.717) is 18.9 Å². The lowest BCUT2D eigenvalue weighted by molar-refractivity contribution is -0.125. The van der Waals surface area contributed by atoms with Gasteiger partial charge >= 0.3 is 0 Å². The maximum absolute atomic E-state index is 13.8. The smallest absolute Gasteiger partial charge is 0.263 e. The summed E-state index contributed by atoms with van der Waals surface area (Å²) in [7, 11) is 0. The molecule has 0 radical (unpaired) electrons. The molecule has 1 saturated heterocycles. The molecule has 1 heterocycles. The van der Waals surface area contributed by atoms with Crippen molar-refractivity contribution in [2.24, 2.45) is 11.8 Å². The maximum Gasteiger partial charge on any atom is 0.263 e. The first-order valence-electron chi connectivity index (χ1n) is 6.51. The van der Waals surface area contributed by atoms with E-state index in [1.54, 1.807) is 13.0 Å². The van der Waals surface area contributed by atoms with Crippen LogP contribution in [0.3, 0.4) is 0 Å². The van der Waals surface area contributed by atoms with E-state index in [2.05, 4.69) is 0 Å². The first kappa shape index (κ1) is 13.7. The monoisotopic (exact) mass is 263 g/mol. The first-order valence-corrected chi connectivity index (χ1v) is 6.51. The number of likely N-dealkylation sites (tertiary alicyclic amines) is 1. The minimum atomic E-state index is -0.564. The topological polar surface area (TPSA) is 37.4 Å². The quantitative estimate of drug-likeness (QED) is 0.769. The molecule has 0 aromatic heterocycles. The van der Waals surface area contributed by atoms with Crippen LogP contribution < -0.4 is 0 Å². The largest absolute Gasteiger partial charge is 0.278 e. The van der Waals surface area contributed by atoms with E-state index in [1.165, 1.54) is 17.0 Å². The number of benzene rings is 1. The number of imide groups is 1. The summed E-state index contributed by atoms with van der Waals surface area (Å²) < 4.78 is 13.8. The van der Waals surface area contributed by atoms with Gasteiger partial charge in [0, 0.05) is 13.0 Å². The second kappa shape index (κ2) is 5.11. The van der Waals surface area contributed by atoms with Crippen LogP contribution in [0.15, 0.2) is 18.2 Å². The molecule has 3 nitrogen and oxygen atoms in total. The fourth-order valence-electron chi connectivity index (χ4n) is 2.32.